The molecule has 3 aliphatic rings. The Hall–Kier alpha value is -2.37. The number of hydrogen-bond acceptors (Lipinski definition) is 7. The molecule has 8 nitrogen and oxygen atoms in total. The van der Waals surface area contributed by atoms with E-state index < -0.39 is 0 Å². The fourth-order valence-corrected chi connectivity index (χ4v) is 4.72. The van der Waals surface area contributed by atoms with Crippen LogP contribution < -0.4 is 4.90 Å². The first-order chi connectivity index (χ1) is 14.6. The number of likely N-dealkylation sites (N-methyl/N-ethyl adjacent to an activating group) is 1. The van der Waals surface area contributed by atoms with Gasteiger partial charge in [-0.25, -0.2) is 9.78 Å². The highest BCUT2D eigenvalue weighted by Gasteiger charge is 2.46. The van der Waals surface area contributed by atoms with Gasteiger partial charge in [0.25, 0.3) is 0 Å². The molecule has 3 fully saturated rings. The molecule has 0 bridgehead atoms. The summed E-state index contributed by atoms with van der Waals surface area (Å²) in [6, 6.07) is 5.79. The van der Waals surface area contributed by atoms with Gasteiger partial charge in [-0.2, -0.15) is 5.26 Å². The highest BCUT2D eigenvalue weighted by atomic mass is 16.6. The van der Waals surface area contributed by atoms with Crippen LogP contribution in [0, 0.1) is 11.3 Å². The smallest absolute Gasteiger partial charge is 0.410 e. The average Bonchev–Trinajstić information content (AvgIpc) is 3.09. The second kappa shape index (κ2) is 9.19. The van der Waals surface area contributed by atoms with E-state index in [0.717, 1.165) is 84.0 Å². The number of carbonyl (C=O) groups is 1. The van der Waals surface area contributed by atoms with Crippen molar-refractivity contribution in [2.75, 3.05) is 70.3 Å². The second-order valence-corrected chi connectivity index (χ2v) is 8.61. The monoisotopic (exact) mass is 412 g/mol. The van der Waals surface area contributed by atoms with Crippen LogP contribution in [0.1, 0.15) is 31.7 Å². The van der Waals surface area contributed by atoms with E-state index in [4.69, 9.17) is 10.00 Å². The SMILES string of the molecule is CCN1CCN(CCCN2CC3(CCN(c4ccc(C#N)cn4)CC3)OC2=O)CC1. The standard InChI is InChI=1S/C22H32N6O2/c1-2-25-12-14-26(15-13-25)8-3-9-28-18-22(30-21(28)29)6-10-27(11-7-22)20-5-4-19(16-23)17-24-20/h4-5,17H,2-3,6-15,18H2,1H3. The van der Waals surface area contributed by atoms with Crippen LogP contribution >= 0.6 is 0 Å². The van der Waals surface area contributed by atoms with Crippen molar-refractivity contribution in [2.45, 2.75) is 31.8 Å². The summed E-state index contributed by atoms with van der Waals surface area (Å²) in [5.41, 5.74) is 0.215. The third-order valence-corrected chi connectivity index (χ3v) is 6.73. The molecular formula is C22H32N6O2. The normalized spacial score (nSPS) is 22.3. The van der Waals surface area contributed by atoms with E-state index in [9.17, 15) is 4.79 Å². The minimum absolute atomic E-state index is 0.157. The Morgan fingerprint density at radius 2 is 1.83 bits per heavy atom. The first-order valence-electron chi connectivity index (χ1n) is 11.1. The number of nitriles is 1. The summed E-state index contributed by atoms with van der Waals surface area (Å²) in [4.78, 5) is 25.9. The van der Waals surface area contributed by atoms with Gasteiger partial charge in [0.2, 0.25) is 0 Å². The Kier molecular flexibility index (Phi) is 6.40. The molecule has 0 aromatic carbocycles. The van der Waals surface area contributed by atoms with Crippen molar-refractivity contribution < 1.29 is 9.53 Å². The molecule has 3 saturated heterocycles. The van der Waals surface area contributed by atoms with E-state index in [1.165, 1.54) is 0 Å². The van der Waals surface area contributed by atoms with E-state index in [1.807, 2.05) is 11.0 Å². The fourth-order valence-electron chi connectivity index (χ4n) is 4.72. The maximum absolute atomic E-state index is 12.5. The van der Waals surface area contributed by atoms with Gasteiger partial charge in [0.1, 0.15) is 17.5 Å². The maximum atomic E-state index is 12.5. The zero-order chi connectivity index (χ0) is 21.0. The molecule has 0 saturated carbocycles. The van der Waals surface area contributed by atoms with Crippen LogP contribution in [-0.4, -0.2) is 96.8 Å². The lowest BCUT2D eigenvalue weighted by atomic mass is 9.91. The minimum Gasteiger partial charge on any atom is -0.441 e. The summed E-state index contributed by atoms with van der Waals surface area (Å²) < 4.78 is 5.87. The van der Waals surface area contributed by atoms with Crippen molar-refractivity contribution in [3.63, 3.8) is 0 Å². The lowest BCUT2D eigenvalue weighted by Crippen LogP contribution is -2.47. The van der Waals surface area contributed by atoms with Crippen molar-refractivity contribution in [3.8, 4) is 6.07 Å². The first kappa shape index (κ1) is 20.9. The molecule has 30 heavy (non-hydrogen) atoms. The van der Waals surface area contributed by atoms with Gasteiger partial charge in [-0.15, -0.1) is 0 Å². The molecule has 0 unspecified atom stereocenters. The number of carbonyl (C=O) groups excluding carboxylic acids is 1. The van der Waals surface area contributed by atoms with Gasteiger partial charge in [-0.3, -0.25) is 0 Å². The van der Waals surface area contributed by atoms with Gasteiger partial charge in [-0.05, 0) is 31.6 Å². The fraction of sp³-hybridized carbons (Fsp3) is 0.682. The third-order valence-electron chi connectivity index (χ3n) is 6.73. The van der Waals surface area contributed by atoms with E-state index >= 15 is 0 Å². The number of nitrogens with zero attached hydrogens (tertiary/aromatic N) is 6. The minimum atomic E-state index is -0.354. The van der Waals surface area contributed by atoms with Crippen molar-refractivity contribution in [1.29, 1.82) is 5.26 Å². The summed E-state index contributed by atoms with van der Waals surface area (Å²) in [5, 5.41) is 8.92. The van der Waals surface area contributed by atoms with Crippen molar-refractivity contribution >= 4 is 11.9 Å². The van der Waals surface area contributed by atoms with Gasteiger partial charge in [0.15, 0.2) is 0 Å². The van der Waals surface area contributed by atoms with Gasteiger partial charge in [-0.1, -0.05) is 6.92 Å². The lowest BCUT2D eigenvalue weighted by molar-refractivity contribution is 0.0366. The van der Waals surface area contributed by atoms with Crippen LogP contribution in [-0.2, 0) is 4.74 Å². The topological polar surface area (TPSA) is 75.9 Å². The van der Waals surface area contributed by atoms with Gasteiger partial charge >= 0.3 is 6.09 Å². The number of pyridine rings is 1. The Morgan fingerprint density at radius 1 is 1.10 bits per heavy atom. The Morgan fingerprint density at radius 3 is 2.47 bits per heavy atom. The van der Waals surface area contributed by atoms with Gasteiger partial charge in [0, 0.05) is 64.9 Å². The average molecular weight is 413 g/mol. The van der Waals surface area contributed by atoms with Crippen LogP contribution in [0.15, 0.2) is 18.3 Å². The number of aromatic nitrogens is 1. The van der Waals surface area contributed by atoms with Crippen LogP contribution in [0.2, 0.25) is 0 Å². The molecule has 0 radical (unpaired) electrons. The molecule has 0 atom stereocenters. The number of piperidine rings is 1. The van der Waals surface area contributed by atoms with E-state index in [2.05, 4.69) is 32.7 Å². The number of ether oxygens (including phenoxy) is 1. The van der Waals surface area contributed by atoms with E-state index in [1.54, 1.807) is 12.3 Å². The van der Waals surface area contributed by atoms with Crippen LogP contribution in [0.5, 0.6) is 0 Å². The van der Waals surface area contributed by atoms with Crippen molar-refractivity contribution in [3.05, 3.63) is 23.9 Å². The molecule has 1 aromatic heterocycles. The first-order valence-corrected chi connectivity index (χ1v) is 11.1. The molecular weight excluding hydrogens is 380 g/mol. The predicted octanol–water partition coefficient (Wildman–Crippen LogP) is 1.77. The Balaban J connectivity index is 1.22. The molecule has 4 heterocycles. The van der Waals surface area contributed by atoms with Crippen LogP contribution in [0.25, 0.3) is 0 Å². The molecule has 1 aromatic rings. The van der Waals surface area contributed by atoms with Crippen molar-refractivity contribution in [2.24, 2.45) is 0 Å². The number of rotatable bonds is 6. The molecule has 8 heteroatoms. The molecule has 162 valence electrons. The largest absolute Gasteiger partial charge is 0.441 e. The number of piperazine rings is 1. The highest BCUT2D eigenvalue weighted by molar-refractivity contribution is 5.70. The van der Waals surface area contributed by atoms with Crippen LogP contribution in [0.3, 0.4) is 0 Å². The van der Waals surface area contributed by atoms with E-state index in [0.29, 0.717) is 12.1 Å². The zero-order valence-electron chi connectivity index (χ0n) is 17.9. The molecule has 3 aliphatic heterocycles. The molecule has 4 rings (SSSR count). The third kappa shape index (κ3) is 4.68. The summed E-state index contributed by atoms with van der Waals surface area (Å²) in [6.07, 6.45) is 4.08. The van der Waals surface area contributed by atoms with E-state index in [-0.39, 0.29) is 11.7 Å². The summed E-state index contributed by atoms with van der Waals surface area (Å²) in [6.45, 7) is 12.0. The highest BCUT2D eigenvalue weighted by Crippen LogP contribution is 2.34. The molecule has 0 aliphatic carbocycles. The van der Waals surface area contributed by atoms with Crippen molar-refractivity contribution in [1.82, 2.24) is 19.7 Å². The maximum Gasteiger partial charge on any atom is 0.410 e. The predicted molar refractivity (Wildman–Crippen MR) is 114 cm³/mol. The summed E-state index contributed by atoms with van der Waals surface area (Å²) in [5.74, 6) is 0.883. The number of amides is 1. The zero-order valence-corrected chi connectivity index (χ0v) is 17.9. The summed E-state index contributed by atoms with van der Waals surface area (Å²) >= 11 is 0. The Labute approximate surface area is 179 Å². The number of hydrogen-bond donors (Lipinski definition) is 0. The van der Waals surface area contributed by atoms with Crippen LogP contribution in [0.4, 0.5) is 10.6 Å². The lowest BCUT2D eigenvalue weighted by Gasteiger charge is -2.38. The molecule has 1 amide bonds. The molecule has 1 spiro atoms. The van der Waals surface area contributed by atoms with Gasteiger partial charge in [0.05, 0.1) is 12.1 Å². The quantitative estimate of drug-likeness (QED) is 0.705. The molecule has 0 N–H and O–H groups in total. The second-order valence-electron chi connectivity index (χ2n) is 8.61. The number of anilines is 1. The Bertz CT molecular complexity index is 761. The summed E-state index contributed by atoms with van der Waals surface area (Å²) in [7, 11) is 0. The van der Waals surface area contributed by atoms with Gasteiger partial charge < -0.3 is 24.3 Å².